The van der Waals surface area contributed by atoms with E-state index in [2.05, 4.69) is 40.8 Å². The molecular weight excluding hydrogens is 284 g/mol. The number of rotatable bonds is 3. The minimum absolute atomic E-state index is 0.476. The number of nitrogens with zero attached hydrogens (tertiary/aromatic N) is 2. The molecule has 23 heavy (non-hydrogen) atoms. The maximum atomic E-state index is 10.7. The van der Waals surface area contributed by atoms with Crippen molar-refractivity contribution < 1.29 is 5.11 Å². The zero-order valence-corrected chi connectivity index (χ0v) is 13.4. The van der Waals surface area contributed by atoms with Crippen LogP contribution in [0.2, 0.25) is 0 Å². The quantitative estimate of drug-likeness (QED) is 0.804. The molecule has 3 heteroatoms. The molecule has 4 rings (SSSR count). The van der Waals surface area contributed by atoms with E-state index >= 15 is 0 Å². The lowest BCUT2D eigenvalue weighted by Crippen LogP contribution is -2.27. The number of aliphatic hydroxyl groups excluding tert-OH is 1. The number of hydrogen-bond acceptors (Lipinski definition) is 2. The van der Waals surface area contributed by atoms with Crippen molar-refractivity contribution in [3.63, 3.8) is 0 Å². The molecule has 0 spiro atoms. The van der Waals surface area contributed by atoms with Gasteiger partial charge in [0, 0.05) is 36.1 Å². The van der Waals surface area contributed by atoms with Crippen LogP contribution in [-0.4, -0.2) is 28.2 Å². The van der Waals surface area contributed by atoms with Gasteiger partial charge in [0.15, 0.2) is 0 Å². The molecule has 3 nitrogen and oxygen atoms in total. The molecule has 0 radical (unpaired) electrons. The number of benzene rings is 2. The second kappa shape index (κ2) is 5.84. The summed E-state index contributed by atoms with van der Waals surface area (Å²) in [4.78, 5) is 2.37. The smallest absolute Gasteiger partial charge is 0.0969 e. The van der Waals surface area contributed by atoms with Gasteiger partial charge in [-0.1, -0.05) is 48.5 Å². The SMILES string of the molecule is CN1CCc2c(c3ccccc3n2C[C@@H](O)c2ccccc2)C1. The summed E-state index contributed by atoms with van der Waals surface area (Å²) in [7, 11) is 2.17. The highest BCUT2D eigenvalue weighted by molar-refractivity contribution is 5.85. The molecular formula is C20H22N2O. The molecule has 2 aromatic carbocycles. The Morgan fingerprint density at radius 2 is 1.78 bits per heavy atom. The average molecular weight is 306 g/mol. The molecule has 0 amide bonds. The van der Waals surface area contributed by atoms with E-state index in [9.17, 15) is 5.11 Å². The van der Waals surface area contributed by atoms with Crippen LogP contribution < -0.4 is 0 Å². The van der Waals surface area contributed by atoms with Crippen molar-refractivity contribution in [3.8, 4) is 0 Å². The molecule has 0 bridgehead atoms. The molecule has 1 atom stereocenters. The van der Waals surface area contributed by atoms with Gasteiger partial charge in [-0.15, -0.1) is 0 Å². The van der Waals surface area contributed by atoms with E-state index in [1.165, 1.54) is 22.2 Å². The molecule has 1 N–H and O–H groups in total. The molecule has 0 saturated heterocycles. The number of hydrogen-bond donors (Lipinski definition) is 1. The lowest BCUT2D eigenvalue weighted by molar-refractivity contribution is 0.156. The van der Waals surface area contributed by atoms with Crippen molar-refractivity contribution in [2.24, 2.45) is 0 Å². The monoisotopic (exact) mass is 306 g/mol. The van der Waals surface area contributed by atoms with E-state index in [4.69, 9.17) is 0 Å². The van der Waals surface area contributed by atoms with Crippen molar-refractivity contribution in [2.75, 3.05) is 13.6 Å². The van der Waals surface area contributed by atoms with Crippen LogP contribution in [0.3, 0.4) is 0 Å². The summed E-state index contributed by atoms with van der Waals surface area (Å²) >= 11 is 0. The normalized spacial score (nSPS) is 16.4. The highest BCUT2D eigenvalue weighted by Gasteiger charge is 2.23. The summed E-state index contributed by atoms with van der Waals surface area (Å²) in [5, 5.41) is 12.0. The first-order valence-electron chi connectivity index (χ1n) is 8.24. The Bertz CT molecular complexity index is 822. The minimum atomic E-state index is -0.476. The molecule has 0 fully saturated rings. The summed E-state index contributed by atoms with van der Waals surface area (Å²) in [6.07, 6.45) is 0.568. The Kier molecular flexibility index (Phi) is 3.68. The largest absolute Gasteiger partial charge is 0.387 e. The van der Waals surface area contributed by atoms with E-state index in [-0.39, 0.29) is 0 Å². The van der Waals surface area contributed by atoms with E-state index < -0.39 is 6.10 Å². The van der Waals surface area contributed by atoms with Crippen molar-refractivity contribution in [2.45, 2.75) is 25.6 Å². The third-order valence-corrected chi connectivity index (χ3v) is 4.89. The van der Waals surface area contributed by atoms with Gasteiger partial charge in [0.05, 0.1) is 12.6 Å². The molecule has 0 aliphatic carbocycles. The van der Waals surface area contributed by atoms with E-state index in [1.54, 1.807) is 0 Å². The predicted molar refractivity (Wildman–Crippen MR) is 93.4 cm³/mol. The zero-order valence-electron chi connectivity index (χ0n) is 13.4. The zero-order chi connectivity index (χ0) is 15.8. The van der Waals surface area contributed by atoms with Gasteiger partial charge >= 0.3 is 0 Å². The summed E-state index contributed by atoms with van der Waals surface area (Å²) in [6, 6.07) is 18.5. The topological polar surface area (TPSA) is 28.4 Å². The van der Waals surface area contributed by atoms with E-state index in [0.29, 0.717) is 6.54 Å². The summed E-state index contributed by atoms with van der Waals surface area (Å²) in [5.74, 6) is 0. The molecule has 0 unspecified atom stereocenters. The van der Waals surface area contributed by atoms with Crippen LogP contribution in [0.1, 0.15) is 22.9 Å². The van der Waals surface area contributed by atoms with Crippen LogP contribution in [0.25, 0.3) is 10.9 Å². The number of fused-ring (bicyclic) bond motifs is 3. The summed E-state index contributed by atoms with van der Waals surface area (Å²) in [5.41, 5.74) is 5.03. The Morgan fingerprint density at radius 3 is 2.61 bits per heavy atom. The first-order valence-corrected chi connectivity index (χ1v) is 8.24. The first-order chi connectivity index (χ1) is 11.2. The van der Waals surface area contributed by atoms with Crippen molar-refractivity contribution in [3.05, 3.63) is 71.4 Å². The Hall–Kier alpha value is -2.10. The van der Waals surface area contributed by atoms with Gasteiger partial charge in [0.2, 0.25) is 0 Å². The molecule has 1 aliphatic heterocycles. The standard InChI is InChI=1S/C20H22N2O/c1-21-12-11-19-17(13-21)16-9-5-6-10-18(16)22(19)14-20(23)15-7-3-2-4-8-15/h2-10,20,23H,11-14H2,1H3/t20-/m1/s1. The number of aliphatic hydroxyl groups is 1. The fourth-order valence-corrected chi connectivity index (χ4v) is 3.70. The lowest BCUT2D eigenvalue weighted by atomic mass is 10.0. The molecule has 1 aliphatic rings. The fraction of sp³-hybridized carbons (Fsp3) is 0.300. The van der Waals surface area contributed by atoms with Crippen molar-refractivity contribution in [1.82, 2.24) is 9.47 Å². The number of para-hydroxylation sites is 1. The van der Waals surface area contributed by atoms with E-state index in [0.717, 1.165) is 25.1 Å². The Morgan fingerprint density at radius 1 is 1.04 bits per heavy atom. The fourth-order valence-electron chi connectivity index (χ4n) is 3.70. The maximum Gasteiger partial charge on any atom is 0.0969 e. The van der Waals surface area contributed by atoms with Crippen LogP contribution in [-0.2, 0) is 19.5 Å². The second-order valence-electron chi connectivity index (χ2n) is 6.47. The van der Waals surface area contributed by atoms with Gasteiger partial charge in [-0.05, 0) is 24.2 Å². The Balaban J connectivity index is 1.78. The molecule has 0 saturated carbocycles. The predicted octanol–water partition coefficient (Wildman–Crippen LogP) is 3.36. The van der Waals surface area contributed by atoms with Gasteiger partial charge in [-0.2, -0.15) is 0 Å². The lowest BCUT2D eigenvalue weighted by Gasteiger charge is -2.25. The van der Waals surface area contributed by atoms with Gasteiger partial charge < -0.3 is 14.6 Å². The van der Waals surface area contributed by atoms with Crippen LogP contribution in [0.5, 0.6) is 0 Å². The minimum Gasteiger partial charge on any atom is -0.387 e. The molecule has 2 heterocycles. The van der Waals surface area contributed by atoms with Crippen LogP contribution in [0.4, 0.5) is 0 Å². The van der Waals surface area contributed by atoms with Gasteiger partial charge in [-0.25, -0.2) is 0 Å². The Labute approximate surface area is 136 Å². The summed E-state index contributed by atoms with van der Waals surface area (Å²) < 4.78 is 2.33. The van der Waals surface area contributed by atoms with Crippen LogP contribution in [0.15, 0.2) is 54.6 Å². The van der Waals surface area contributed by atoms with Gasteiger partial charge in [0.25, 0.3) is 0 Å². The third-order valence-electron chi connectivity index (χ3n) is 4.89. The first kappa shape index (κ1) is 14.5. The van der Waals surface area contributed by atoms with E-state index in [1.807, 2.05) is 30.3 Å². The summed E-state index contributed by atoms with van der Waals surface area (Å²) in [6.45, 7) is 2.68. The highest BCUT2D eigenvalue weighted by Crippen LogP contribution is 2.32. The number of aromatic nitrogens is 1. The highest BCUT2D eigenvalue weighted by atomic mass is 16.3. The van der Waals surface area contributed by atoms with Crippen LogP contribution in [0, 0.1) is 0 Å². The maximum absolute atomic E-state index is 10.7. The molecule has 1 aromatic heterocycles. The third kappa shape index (κ3) is 2.56. The van der Waals surface area contributed by atoms with Gasteiger partial charge in [0.1, 0.15) is 0 Å². The molecule has 3 aromatic rings. The molecule has 118 valence electrons. The number of likely N-dealkylation sites (N-methyl/N-ethyl adjacent to an activating group) is 1. The second-order valence-corrected chi connectivity index (χ2v) is 6.47. The van der Waals surface area contributed by atoms with Crippen molar-refractivity contribution >= 4 is 10.9 Å². The van der Waals surface area contributed by atoms with Gasteiger partial charge in [-0.3, -0.25) is 0 Å². The average Bonchev–Trinajstić information content (AvgIpc) is 2.89. The van der Waals surface area contributed by atoms with Crippen LogP contribution >= 0.6 is 0 Å². The van der Waals surface area contributed by atoms with Crippen molar-refractivity contribution in [1.29, 1.82) is 0 Å².